The Labute approximate surface area is 123 Å². The number of methoxy groups -OCH3 is 2. The summed E-state index contributed by atoms with van der Waals surface area (Å²) >= 11 is 0. The van der Waals surface area contributed by atoms with E-state index in [4.69, 9.17) is 19.8 Å². The third kappa shape index (κ3) is 3.15. The summed E-state index contributed by atoms with van der Waals surface area (Å²) < 4.78 is 10.6. The standard InChI is InChI=1S/C15H18N2O4/c1-20-15(21-2)10-5-6-17(9-10)12-3-4-13(14(18)19)11(7-12)8-16/h3-4,7,10,15H,5-6,9H2,1-2H3,(H,18,19). The smallest absolute Gasteiger partial charge is 0.337 e. The SMILES string of the molecule is COC(OC)C1CCN(c2ccc(C(=O)O)c(C#N)c2)C1. The van der Waals surface area contributed by atoms with E-state index >= 15 is 0 Å². The minimum atomic E-state index is -1.09. The number of nitrogens with zero attached hydrogens (tertiary/aromatic N) is 2. The maximum Gasteiger partial charge on any atom is 0.337 e. The van der Waals surface area contributed by atoms with Gasteiger partial charge >= 0.3 is 5.97 Å². The lowest BCUT2D eigenvalue weighted by Crippen LogP contribution is -2.28. The van der Waals surface area contributed by atoms with E-state index in [2.05, 4.69) is 4.90 Å². The zero-order valence-corrected chi connectivity index (χ0v) is 12.1. The lowest BCUT2D eigenvalue weighted by atomic mass is 10.1. The number of aromatic carboxylic acids is 1. The number of anilines is 1. The Hall–Kier alpha value is -2.10. The third-order valence-electron chi connectivity index (χ3n) is 3.79. The van der Waals surface area contributed by atoms with Crippen molar-refractivity contribution in [3.05, 3.63) is 29.3 Å². The van der Waals surface area contributed by atoms with E-state index < -0.39 is 5.97 Å². The monoisotopic (exact) mass is 290 g/mol. The first-order chi connectivity index (χ1) is 10.1. The first-order valence-electron chi connectivity index (χ1n) is 6.68. The summed E-state index contributed by atoms with van der Waals surface area (Å²) in [5.41, 5.74) is 1.06. The second-order valence-corrected chi connectivity index (χ2v) is 4.98. The zero-order valence-electron chi connectivity index (χ0n) is 12.1. The molecule has 1 aliphatic rings. The normalized spacial score (nSPS) is 18.0. The van der Waals surface area contributed by atoms with Crippen LogP contribution in [0.1, 0.15) is 22.3 Å². The Balaban J connectivity index is 2.17. The lowest BCUT2D eigenvalue weighted by Gasteiger charge is -2.22. The predicted molar refractivity (Wildman–Crippen MR) is 76.2 cm³/mol. The number of ether oxygens (including phenoxy) is 2. The highest BCUT2D eigenvalue weighted by Gasteiger charge is 2.30. The number of nitriles is 1. The zero-order chi connectivity index (χ0) is 15.4. The van der Waals surface area contributed by atoms with E-state index in [1.165, 1.54) is 6.07 Å². The summed E-state index contributed by atoms with van der Waals surface area (Å²) in [6.45, 7) is 1.58. The molecular formula is C15H18N2O4. The van der Waals surface area contributed by atoms with Gasteiger partial charge < -0.3 is 19.5 Å². The van der Waals surface area contributed by atoms with E-state index in [0.717, 1.165) is 25.2 Å². The van der Waals surface area contributed by atoms with Crippen molar-refractivity contribution < 1.29 is 19.4 Å². The summed E-state index contributed by atoms with van der Waals surface area (Å²) in [5, 5.41) is 18.1. The van der Waals surface area contributed by atoms with Crippen molar-refractivity contribution in [1.29, 1.82) is 5.26 Å². The summed E-state index contributed by atoms with van der Waals surface area (Å²) in [5.74, 6) is -0.832. The van der Waals surface area contributed by atoms with Gasteiger partial charge in [0.1, 0.15) is 6.07 Å². The quantitative estimate of drug-likeness (QED) is 0.831. The summed E-state index contributed by atoms with van der Waals surface area (Å²) in [4.78, 5) is 13.1. The number of carboxylic acid groups (broad SMARTS) is 1. The summed E-state index contributed by atoms with van der Waals surface area (Å²) in [6.07, 6.45) is 0.679. The third-order valence-corrected chi connectivity index (χ3v) is 3.79. The molecule has 0 aliphatic carbocycles. The van der Waals surface area contributed by atoms with E-state index in [1.807, 2.05) is 6.07 Å². The second-order valence-electron chi connectivity index (χ2n) is 4.98. The molecule has 2 rings (SSSR count). The molecule has 6 nitrogen and oxygen atoms in total. The molecule has 112 valence electrons. The Kier molecular flexibility index (Phi) is 4.78. The topological polar surface area (TPSA) is 82.8 Å². The van der Waals surface area contributed by atoms with Crippen LogP contribution in [-0.4, -0.2) is 44.7 Å². The minimum absolute atomic E-state index is 0.0312. The first kappa shape index (κ1) is 15.3. The van der Waals surface area contributed by atoms with Crippen LogP contribution in [0.25, 0.3) is 0 Å². The average Bonchev–Trinajstić information content (AvgIpc) is 2.97. The van der Waals surface area contributed by atoms with Crippen molar-refractivity contribution in [3.63, 3.8) is 0 Å². The maximum absolute atomic E-state index is 11.0. The van der Waals surface area contributed by atoms with Crippen LogP contribution in [0.2, 0.25) is 0 Å². The van der Waals surface area contributed by atoms with Gasteiger partial charge in [-0.15, -0.1) is 0 Å². The van der Waals surface area contributed by atoms with Gasteiger partial charge in [-0.3, -0.25) is 0 Å². The molecule has 1 aromatic rings. The van der Waals surface area contributed by atoms with Crippen molar-refractivity contribution >= 4 is 11.7 Å². The Morgan fingerprint density at radius 2 is 2.19 bits per heavy atom. The number of carbonyl (C=O) groups is 1. The molecular weight excluding hydrogens is 272 g/mol. The van der Waals surface area contributed by atoms with Crippen LogP contribution in [0.5, 0.6) is 0 Å². The van der Waals surface area contributed by atoms with Crippen LogP contribution in [-0.2, 0) is 9.47 Å². The fraction of sp³-hybridized carbons (Fsp3) is 0.467. The molecule has 6 heteroatoms. The van der Waals surface area contributed by atoms with E-state index in [9.17, 15) is 4.79 Å². The Morgan fingerprint density at radius 1 is 1.48 bits per heavy atom. The van der Waals surface area contributed by atoms with Gasteiger partial charge in [-0.2, -0.15) is 5.26 Å². The van der Waals surface area contributed by atoms with Gasteiger partial charge in [-0.05, 0) is 24.6 Å². The molecule has 0 radical (unpaired) electrons. The summed E-state index contributed by atoms with van der Waals surface area (Å²) in [7, 11) is 3.23. The minimum Gasteiger partial charge on any atom is -0.478 e. The average molecular weight is 290 g/mol. The van der Waals surface area contributed by atoms with E-state index in [0.29, 0.717) is 0 Å². The van der Waals surface area contributed by atoms with Gasteiger partial charge in [-0.1, -0.05) is 0 Å². The number of hydrogen-bond donors (Lipinski definition) is 1. The van der Waals surface area contributed by atoms with Crippen molar-refractivity contribution in [3.8, 4) is 6.07 Å². The van der Waals surface area contributed by atoms with Gasteiger partial charge in [0.15, 0.2) is 6.29 Å². The Morgan fingerprint density at radius 3 is 2.76 bits per heavy atom. The largest absolute Gasteiger partial charge is 0.478 e. The number of benzene rings is 1. The molecule has 1 aromatic carbocycles. The van der Waals surface area contributed by atoms with Crippen LogP contribution in [0.4, 0.5) is 5.69 Å². The predicted octanol–water partition coefficient (Wildman–Crippen LogP) is 1.70. The van der Waals surface area contributed by atoms with E-state index in [1.54, 1.807) is 26.4 Å². The van der Waals surface area contributed by atoms with Crippen LogP contribution in [0.3, 0.4) is 0 Å². The first-order valence-corrected chi connectivity index (χ1v) is 6.68. The molecule has 0 aromatic heterocycles. The van der Waals surface area contributed by atoms with Gasteiger partial charge in [0, 0.05) is 38.9 Å². The van der Waals surface area contributed by atoms with Crippen LogP contribution >= 0.6 is 0 Å². The molecule has 1 aliphatic heterocycles. The summed E-state index contributed by atoms with van der Waals surface area (Å²) in [6, 6.07) is 6.78. The van der Waals surface area contributed by atoms with Crippen LogP contribution in [0, 0.1) is 17.2 Å². The highest BCUT2D eigenvalue weighted by atomic mass is 16.7. The molecule has 1 atom stereocenters. The maximum atomic E-state index is 11.0. The molecule has 21 heavy (non-hydrogen) atoms. The molecule has 0 bridgehead atoms. The number of carboxylic acids is 1. The van der Waals surface area contributed by atoms with E-state index in [-0.39, 0.29) is 23.3 Å². The molecule has 0 spiro atoms. The highest BCUT2D eigenvalue weighted by Crippen LogP contribution is 2.28. The van der Waals surface area contributed by atoms with Crippen molar-refractivity contribution in [1.82, 2.24) is 0 Å². The fourth-order valence-corrected chi connectivity index (χ4v) is 2.73. The van der Waals surface area contributed by atoms with Crippen LogP contribution < -0.4 is 4.90 Å². The number of rotatable bonds is 5. The molecule has 1 fully saturated rings. The highest BCUT2D eigenvalue weighted by molar-refractivity contribution is 5.91. The van der Waals surface area contributed by atoms with Crippen molar-refractivity contribution in [2.75, 3.05) is 32.2 Å². The molecule has 1 N–H and O–H groups in total. The van der Waals surface area contributed by atoms with Crippen molar-refractivity contribution in [2.24, 2.45) is 5.92 Å². The lowest BCUT2D eigenvalue weighted by molar-refractivity contribution is -0.132. The van der Waals surface area contributed by atoms with Crippen molar-refractivity contribution in [2.45, 2.75) is 12.7 Å². The second kappa shape index (κ2) is 6.57. The number of hydrogen-bond acceptors (Lipinski definition) is 5. The molecule has 1 heterocycles. The molecule has 0 amide bonds. The Bertz CT molecular complexity index is 563. The van der Waals surface area contributed by atoms with Gasteiger partial charge in [0.2, 0.25) is 0 Å². The van der Waals surface area contributed by atoms with Gasteiger partial charge in [0.25, 0.3) is 0 Å². The van der Waals surface area contributed by atoms with Crippen LogP contribution in [0.15, 0.2) is 18.2 Å². The van der Waals surface area contributed by atoms with Gasteiger partial charge in [-0.25, -0.2) is 4.79 Å². The fourth-order valence-electron chi connectivity index (χ4n) is 2.73. The van der Waals surface area contributed by atoms with Gasteiger partial charge in [0.05, 0.1) is 11.1 Å². The molecule has 1 unspecified atom stereocenters. The molecule has 1 saturated heterocycles. The molecule has 0 saturated carbocycles.